The Morgan fingerprint density at radius 2 is 1.51 bits per heavy atom. The molecule has 0 spiro atoms. The van der Waals surface area contributed by atoms with Crippen molar-refractivity contribution in [2.24, 2.45) is 17.3 Å². The maximum Gasteiger partial charge on any atom is 0.162 e. The Bertz CT molecular complexity index is 2290. The summed E-state index contributed by atoms with van der Waals surface area (Å²) in [6, 6.07) is 23.4. The van der Waals surface area contributed by atoms with Crippen LogP contribution in [0.25, 0.3) is 53.5 Å². The van der Waals surface area contributed by atoms with E-state index in [1.807, 2.05) is 45.2 Å². The molecule has 0 saturated heterocycles. The minimum absolute atomic E-state index is 0. The predicted molar refractivity (Wildman–Crippen MR) is 232 cm³/mol. The zero-order chi connectivity index (χ0) is 39.5. The van der Waals surface area contributed by atoms with Gasteiger partial charge in [0.25, 0.3) is 0 Å². The number of carbonyl (C=O) groups is 1. The average molecular weight is 935 g/mol. The summed E-state index contributed by atoms with van der Waals surface area (Å²) in [6.45, 7) is 26.1. The molecule has 0 aliphatic rings. The standard InChI is InChI=1S/C36H36NOS.C13H24O2.Ir/c1-21-26-14-13-24(19-30(26)38-31(21)20-35(3,4)5)33-22(2)27-15-16-37-32(34(27)39-33)25-17-23-11-9-10-12-28(23)29(18-25)36(6,7)8;1-5-10(6-2)12(14)9-13(15)11(7-3)8-4;/h9-16,18-19H,20H2,1-8H3;9-11,14H,5-8H2,1-4H3;/q-1;;/b;12-9-;. The summed E-state index contributed by atoms with van der Waals surface area (Å²) < 4.78 is 7.63. The van der Waals surface area contributed by atoms with Crippen LogP contribution >= 0.6 is 11.3 Å². The maximum absolute atomic E-state index is 11.7. The van der Waals surface area contributed by atoms with Gasteiger partial charge in [-0.25, -0.2) is 0 Å². The minimum atomic E-state index is 0. The fourth-order valence-electron chi connectivity index (χ4n) is 7.44. The van der Waals surface area contributed by atoms with E-state index < -0.39 is 0 Å². The molecule has 0 amide bonds. The molecule has 0 atom stereocenters. The third-order valence-corrected chi connectivity index (χ3v) is 12.1. The molecule has 3 aromatic carbocycles. The number of benzene rings is 3. The summed E-state index contributed by atoms with van der Waals surface area (Å²) in [6.07, 6.45) is 7.78. The predicted octanol–water partition coefficient (Wildman–Crippen LogP) is 14.7. The van der Waals surface area contributed by atoms with Gasteiger partial charge in [-0.1, -0.05) is 111 Å². The van der Waals surface area contributed by atoms with E-state index in [0.29, 0.717) is 0 Å². The number of pyridine rings is 1. The van der Waals surface area contributed by atoms with E-state index in [2.05, 4.69) is 116 Å². The van der Waals surface area contributed by atoms with E-state index in [0.717, 1.165) is 60.1 Å². The summed E-state index contributed by atoms with van der Waals surface area (Å²) in [5.74, 6) is 1.64. The van der Waals surface area contributed by atoms with E-state index in [-0.39, 0.29) is 54.3 Å². The van der Waals surface area contributed by atoms with Gasteiger partial charge in [0.1, 0.15) is 11.3 Å². The van der Waals surface area contributed by atoms with Gasteiger partial charge in [0, 0.05) is 71.3 Å². The second-order valence-corrected chi connectivity index (χ2v) is 18.1. The molecule has 4 nitrogen and oxygen atoms in total. The van der Waals surface area contributed by atoms with Crippen LogP contribution in [0.4, 0.5) is 0 Å². The Morgan fingerprint density at radius 3 is 2.13 bits per heavy atom. The molecule has 0 aliphatic carbocycles. The fourth-order valence-corrected chi connectivity index (χ4v) is 8.74. The number of hydrogen-bond donors (Lipinski definition) is 1. The van der Waals surface area contributed by atoms with Crippen molar-refractivity contribution in [3.8, 4) is 21.7 Å². The van der Waals surface area contributed by atoms with Crippen LogP contribution in [-0.4, -0.2) is 15.9 Å². The monoisotopic (exact) mass is 935 g/mol. The largest absolute Gasteiger partial charge is 0.512 e. The van der Waals surface area contributed by atoms with E-state index in [1.54, 1.807) is 0 Å². The first-order chi connectivity index (χ1) is 25.5. The first-order valence-corrected chi connectivity index (χ1v) is 20.6. The Kier molecular flexibility index (Phi) is 14.6. The van der Waals surface area contributed by atoms with Crippen LogP contribution in [0.15, 0.2) is 77.0 Å². The van der Waals surface area contributed by atoms with Gasteiger partial charge >= 0.3 is 0 Å². The van der Waals surface area contributed by atoms with Crippen molar-refractivity contribution in [2.45, 2.75) is 121 Å². The van der Waals surface area contributed by atoms with Crippen LogP contribution in [0.3, 0.4) is 0 Å². The quantitative estimate of drug-likeness (QED) is 0.0844. The van der Waals surface area contributed by atoms with Crippen molar-refractivity contribution in [3.63, 3.8) is 0 Å². The van der Waals surface area contributed by atoms with Gasteiger partial charge in [0.05, 0.1) is 5.76 Å². The zero-order valence-corrected chi connectivity index (χ0v) is 38.2. The molecule has 295 valence electrons. The molecule has 55 heavy (non-hydrogen) atoms. The number of hydrogen-bond acceptors (Lipinski definition) is 5. The number of nitrogens with zero attached hydrogens (tertiary/aromatic N) is 1. The van der Waals surface area contributed by atoms with Crippen LogP contribution in [-0.2, 0) is 36.7 Å². The van der Waals surface area contributed by atoms with E-state index in [9.17, 15) is 9.90 Å². The molecule has 1 radical (unpaired) electrons. The molecule has 6 heteroatoms. The maximum atomic E-state index is 11.7. The first-order valence-electron chi connectivity index (χ1n) is 19.8. The van der Waals surface area contributed by atoms with Gasteiger partial charge in [-0.2, -0.15) is 0 Å². The molecule has 0 aliphatic heterocycles. The summed E-state index contributed by atoms with van der Waals surface area (Å²) in [4.78, 5) is 17.9. The molecular formula is C49H60IrNO3S-. The van der Waals surface area contributed by atoms with Crippen LogP contribution < -0.4 is 0 Å². The number of aliphatic hydroxyl groups is 1. The molecule has 3 heterocycles. The molecule has 1 N–H and O–H groups in total. The number of rotatable bonds is 10. The van der Waals surface area contributed by atoms with Gasteiger partial charge in [0.2, 0.25) is 0 Å². The van der Waals surface area contributed by atoms with Crippen LogP contribution in [0, 0.1) is 37.2 Å². The zero-order valence-electron chi connectivity index (χ0n) is 35.0. The summed E-state index contributed by atoms with van der Waals surface area (Å²) in [5.41, 5.74) is 8.28. The number of carbonyl (C=O) groups excluding carboxylic acids is 1. The Morgan fingerprint density at radius 1 is 0.855 bits per heavy atom. The van der Waals surface area contributed by atoms with Crippen LogP contribution in [0.1, 0.15) is 117 Å². The van der Waals surface area contributed by atoms with Crippen LogP contribution in [0.5, 0.6) is 0 Å². The van der Waals surface area contributed by atoms with Gasteiger partial charge in [0.15, 0.2) is 5.78 Å². The molecular weight excluding hydrogens is 875 g/mol. The molecule has 0 saturated carbocycles. The van der Waals surface area contributed by atoms with E-state index in [4.69, 9.17) is 9.40 Å². The Labute approximate surface area is 347 Å². The minimum Gasteiger partial charge on any atom is -0.512 e. The third-order valence-electron chi connectivity index (χ3n) is 10.8. The number of allylic oxidation sites excluding steroid dienone is 2. The van der Waals surface area contributed by atoms with E-state index in [1.165, 1.54) is 54.1 Å². The van der Waals surface area contributed by atoms with Gasteiger partial charge < -0.3 is 9.52 Å². The topological polar surface area (TPSA) is 63.3 Å². The number of aromatic nitrogens is 1. The van der Waals surface area contributed by atoms with E-state index >= 15 is 0 Å². The second kappa shape index (κ2) is 18.1. The number of ketones is 1. The van der Waals surface area contributed by atoms with Gasteiger partial charge in [-0.3, -0.25) is 9.78 Å². The van der Waals surface area contributed by atoms with Crippen molar-refractivity contribution in [1.82, 2.24) is 4.98 Å². The Balaban J connectivity index is 0.000000360. The van der Waals surface area contributed by atoms with Crippen molar-refractivity contribution < 1.29 is 34.4 Å². The fraction of sp³-hybridized carbons (Fsp3) is 0.429. The molecule has 0 bridgehead atoms. The number of aryl methyl sites for hydroxylation is 2. The first kappa shape index (κ1) is 44.1. The molecule has 0 unspecified atom stereocenters. The molecule has 0 fully saturated rings. The summed E-state index contributed by atoms with van der Waals surface area (Å²) in [5, 5.41) is 14.6. The SMILES string of the molecule is CCC(CC)C(=O)/C=C(\O)C(CC)CC.Cc1c(CC(C)(C)C)oc2cc(-c3sc4c(-c5[c-]c6ccccc6c(C(C)(C)C)c5)nccc4c3C)ccc12.[Ir]. The normalized spacial score (nSPS) is 12.4. The van der Waals surface area contributed by atoms with Crippen molar-refractivity contribution in [1.29, 1.82) is 0 Å². The smallest absolute Gasteiger partial charge is 0.162 e. The van der Waals surface area contributed by atoms with Crippen molar-refractivity contribution in [3.05, 3.63) is 101 Å². The van der Waals surface area contributed by atoms with Gasteiger partial charge in [-0.05, 0) is 84.6 Å². The third kappa shape index (κ3) is 9.88. The average Bonchev–Trinajstić information content (AvgIpc) is 3.62. The Hall–Kier alpha value is -3.57. The molecule has 6 rings (SSSR count). The summed E-state index contributed by atoms with van der Waals surface area (Å²) >= 11 is 1.82. The van der Waals surface area contributed by atoms with Gasteiger partial charge in [-0.15, -0.1) is 40.5 Å². The number of thiophene rings is 1. The van der Waals surface area contributed by atoms with Crippen molar-refractivity contribution in [2.75, 3.05) is 0 Å². The summed E-state index contributed by atoms with van der Waals surface area (Å²) in [7, 11) is 0. The molecule has 3 aromatic heterocycles. The number of fused-ring (bicyclic) bond motifs is 3. The number of aliphatic hydroxyl groups excluding tert-OH is 1. The second-order valence-electron chi connectivity index (χ2n) is 17.1. The number of furan rings is 1. The van der Waals surface area contributed by atoms with Crippen molar-refractivity contribution >= 4 is 48.9 Å². The molecule has 6 aromatic rings. The van der Waals surface area contributed by atoms with Crippen LogP contribution in [0.2, 0.25) is 0 Å².